The van der Waals surface area contributed by atoms with Crippen LogP contribution in [-0.4, -0.2) is 37.1 Å². The second kappa shape index (κ2) is 5.83. The van der Waals surface area contributed by atoms with Gasteiger partial charge in [0.1, 0.15) is 17.6 Å². The maximum Gasteiger partial charge on any atom is 0.433 e. The van der Waals surface area contributed by atoms with E-state index in [0.29, 0.717) is 25.4 Å². The van der Waals surface area contributed by atoms with E-state index >= 15 is 0 Å². The van der Waals surface area contributed by atoms with E-state index < -0.39 is 22.5 Å². The zero-order valence-corrected chi connectivity index (χ0v) is 10.4. The normalized spacial score (nSPS) is 11.4. The molecule has 0 bridgehead atoms. The molecular formula is C10H13F3N4O2. The maximum atomic E-state index is 12.6. The Balaban J connectivity index is 3.19. The third-order valence-electron chi connectivity index (χ3n) is 2.46. The summed E-state index contributed by atoms with van der Waals surface area (Å²) in [6, 6.07) is 0.688. The van der Waals surface area contributed by atoms with Crippen molar-refractivity contribution >= 4 is 11.4 Å². The Morgan fingerprint density at radius 1 is 1.53 bits per heavy atom. The third kappa shape index (κ3) is 3.78. The Morgan fingerprint density at radius 3 is 2.63 bits per heavy atom. The summed E-state index contributed by atoms with van der Waals surface area (Å²) in [5, 5.41) is 13.6. The first-order valence-electron chi connectivity index (χ1n) is 5.34. The molecule has 0 saturated carbocycles. The van der Waals surface area contributed by atoms with Crippen LogP contribution in [0.5, 0.6) is 0 Å². The molecule has 0 spiro atoms. The molecule has 19 heavy (non-hydrogen) atoms. The van der Waals surface area contributed by atoms with Gasteiger partial charge in [0.05, 0.1) is 4.92 Å². The number of aromatic nitrogens is 1. The lowest BCUT2D eigenvalue weighted by molar-refractivity contribution is -0.384. The molecule has 0 aliphatic rings. The minimum atomic E-state index is -4.63. The van der Waals surface area contributed by atoms with Crippen molar-refractivity contribution in [3.8, 4) is 0 Å². The minimum absolute atomic E-state index is 0.109. The van der Waals surface area contributed by atoms with Gasteiger partial charge < -0.3 is 10.2 Å². The molecule has 1 aromatic rings. The van der Waals surface area contributed by atoms with E-state index in [-0.39, 0.29) is 5.69 Å². The van der Waals surface area contributed by atoms with Gasteiger partial charge in [-0.25, -0.2) is 4.98 Å². The molecule has 0 unspecified atom stereocenters. The van der Waals surface area contributed by atoms with Gasteiger partial charge >= 0.3 is 11.9 Å². The monoisotopic (exact) mass is 278 g/mol. The van der Waals surface area contributed by atoms with Crippen molar-refractivity contribution in [2.24, 2.45) is 0 Å². The molecule has 0 aromatic carbocycles. The van der Waals surface area contributed by atoms with E-state index in [2.05, 4.69) is 10.3 Å². The first-order chi connectivity index (χ1) is 8.77. The van der Waals surface area contributed by atoms with Crippen LogP contribution in [0.3, 0.4) is 0 Å². The molecule has 0 atom stereocenters. The number of nitro groups is 1. The number of nitrogens with one attached hydrogen (secondary N) is 1. The van der Waals surface area contributed by atoms with E-state index in [1.807, 2.05) is 0 Å². The fourth-order valence-corrected chi connectivity index (χ4v) is 1.44. The molecule has 1 rings (SSSR count). The lowest BCUT2D eigenvalue weighted by Gasteiger charge is -2.19. The smallest absolute Gasteiger partial charge is 0.368 e. The molecule has 6 nitrogen and oxygen atoms in total. The van der Waals surface area contributed by atoms with Crippen LogP contribution in [0.15, 0.2) is 12.3 Å². The number of hydrogen-bond acceptors (Lipinski definition) is 5. The molecule has 106 valence electrons. The van der Waals surface area contributed by atoms with E-state index in [1.54, 1.807) is 7.05 Å². The number of rotatable bonds is 5. The van der Waals surface area contributed by atoms with Crippen molar-refractivity contribution < 1.29 is 18.1 Å². The number of halogens is 3. The summed E-state index contributed by atoms with van der Waals surface area (Å²) in [5.41, 5.74) is -1.71. The molecule has 0 fully saturated rings. The molecule has 1 heterocycles. The topological polar surface area (TPSA) is 71.3 Å². The Bertz CT molecular complexity index is 465. The second-order valence-electron chi connectivity index (χ2n) is 3.84. The van der Waals surface area contributed by atoms with Gasteiger partial charge in [0.25, 0.3) is 0 Å². The number of pyridine rings is 1. The van der Waals surface area contributed by atoms with Crippen molar-refractivity contribution in [3.05, 3.63) is 28.1 Å². The van der Waals surface area contributed by atoms with Gasteiger partial charge in [0, 0.05) is 20.1 Å². The van der Waals surface area contributed by atoms with Gasteiger partial charge in [-0.05, 0) is 13.1 Å². The zero-order chi connectivity index (χ0) is 14.6. The first kappa shape index (κ1) is 15.2. The predicted octanol–water partition coefficient (Wildman–Crippen LogP) is 1.66. The quantitative estimate of drug-likeness (QED) is 0.655. The van der Waals surface area contributed by atoms with Crippen LogP contribution in [0.1, 0.15) is 5.69 Å². The van der Waals surface area contributed by atoms with Gasteiger partial charge in [-0.3, -0.25) is 10.1 Å². The first-order valence-corrected chi connectivity index (χ1v) is 5.34. The second-order valence-corrected chi connectivity index (χ2v) is 3.84. The molecule has 0 aliphatic heterocycles. The van der Waals surface area contributed by atoms with Gasteiger partial charge in [-0.1, -0.05) is 0 Å². The summed E-state index contributed by atoms with van der Waals surface area (Å²) in [5.74, 6) is 0. The molecule has 0 aliphatic carbocycles. The summed E-state index contributed by atoms with van der Waals surface area (Å²) in [6.07, 6.45) is -4.00. The van der Waals surface area contributed by atoms with Crippen LogP contribution >= 0.6 is 0 Å². The van der Waals surface area contributed by atoms with Gasteiger partial charge in [-0.15, -0.1) is 0 Å². The summed E-state index contributed by atoms with van der Waals surface area (Å²) in [7, 11) is 3.16. The average molecular weight is 278 g/mol. The van der Waals surface area contributed by atoms with Crippen molar-refractivity contribution in [1.82, 2.24) is 10.3 Å². The van der Waals surface area contributed by atoms with Crippen LogP contribution in [0.2, 0.25) is 0 Å². The lowest BCUT2D eigenvalue weighted by atomic mass is 10.2. The van der Waals surface area contributed by atoms with Crippen molar-refractivity contribution in [3.63, 3.8) is 0 Å². The van der Waals surface area contributed by atoms with Crippen LogP contribution in [0.4, 0.5) is 24.5 Å². The van der Waals surface area contributed by atoms with E-state index in [9.17, 15) is 23.3 Å². The molecule has 0 saturated heterocycles. The van der Waals surface area contributed by atoms with Crippen molar-refractivity contribution in [2.75, 3.05) is 32.1 Å². The number of hydrogen-bond donors (Lipinski definition) is 1. The van der Waals surface area contributed by atoms with Crippen LogP contribution in [0, 0.1) is 10.1 Å². The highest BCUT2D eigenvalue weighted by atomic mass is 19.4. The fraction of sp³-hybridized carbons (Fsp3) is 0.500. The average Bonchev–Trinajstić information content (AvgIpc) is 2.33. The summed E-state index contributed by atoms with van der Waals surface area (Å²) >= 11 is 0. The van der Waals surface area contributed by atoms with E-state index in [0.717, 1.165) is 0 Å². The highest BCUT2D eigenvalue weighted by Gasteiger charge is 2.34. The van der Waals surface area contributed by atoms with Crippen molar-refractivity contribution in [1.29, 1.82) is 0 Å². The molecular weight excluding hydrogens is 265 g/mol. The molecule has 1 aromatic heterocycles. The number of nitrogens with zero attached hydrogens (tertiary/aromatic N) is 3. The highest BCUT2D eigenvalue weighted by Crippen LogP contribution is 2.34. The SMILES string of the molecule is CNCCN(C)c1cc(C(F)(F)F)ncc1[N+](=O)[O-]. The van der Waals surface area contributed by atoms with Gasteiger partial charge in [0.15, 0.2) is 0 Å². The highest BCUT2D eigenvalue weighted by molar-refractivity contribution is 5.62. The largest absolute Gasteiger partial charge is 0.433 e. The Kier molecular flexibility index (Phi) is 4.65. The Hall–Kier alpha value is -1.90. The standard InChI is InChI=1S/C10H13F3N4O2/c1-14-3-4-16(2)7-5-9(10(11,12)13)15-6-8(7)17(18)19/h5-6,14H,3-4H2,1-2H3. The number of likely N-dealkylation sites (N-methyl/N-ethyl adjacent to an activating group) is 2. The van der Waals surface area contributed by atoms with Crippen LogP contribution in [-0.2, 0) is 6.18 Å². The summed E-state index contributed by atoms with van der Waals surface area (Å²) in [4.78, 5) is 14.5. The third-order valence-corrected chi connectivity index (χ3v) is 2.46. The van der Waals surface area contributed by atoms with E-state index in [4.69, 9.17) is 0 Å². The predicted molar refractivity (Wildman–Crippen MR) is 63.1 cm³/mol. The van der Waals surface area contributed by atoms with Gasteiger partial charge in [0.2, 0.25) is 0 Å². The van der Waals surface area contributed by atoms with Crippen LogP contribution in [0.25, 0.3) is 0 Å². The maximum absolute atomic E-state index is 12.6. The Morgan fingerprint density at radius 2 is 2.16 bits per heavy atom. The zero-order valence-electron chi connectivity index (χ0n) is 10.4. The summed E-state index contributed by atoms with van der Waals surface area (Å²) in [6.45, 7) is 0.815. The fourth-order valence-electron chi connectivity index (χ4n) is 1.44. The molecule has 9 heteroatoms. The number of anilines is 1. The molecule has 0 radical (unpaired) electrons. The lowest BCUT2D eigenvalue weighted by Crippen LogP contribution is -2.28. The number of alkyl halides is 3. The van der Waals surface area contributed by atoms with Crippen LogP contribution < -0.4 is 10.2 Å². The molecule has 1 N–H and O–H groups in total. The Labute approximate surface area is 107 Å². The van der Waals surface area contributed by atoms with Crippen molar-refractivity contribution in [2.45, 2.75) is 6.18 Å². The summed E-state index contributed by atoms with van der Waals surface area (Å²) < 4.78 is 37.7. The molecule has 0 amide bonds. The minimum Gasteiger partial charge on any atom is -0.368 e. The van der Waals surface area contributed by atoms with Gasteiger partial charge in [-0.2, -0.15) is 13.2 Å². The van der Waals surface area contributed by atoms with E-state index in [1.165, 1.54) is 11.9 Å².